The van der Waals surface area contributed by atoms with Gasteiger partial charge in [-0.2, -0.15) is 4.98 Å². The highest BCUT2D eigenvalue weighted by atomic mass is 19.1. The van der Waals surface area contributed by atoms with E-state index in [1.165, 1.54) is 6.20 Å². The summed E-state index contributed by atoms with van der Waals surface area (Å²) in [5.41, 5.74) is 0. The van der Waals surface area contributed by atoms with Crippen LogP contribution in [0.1, 0.15) is 6.42 Å². The SMILES string of the molecule is CN(C)c1nc(NCCCn2ccnc2)ncc1F. The van der Waals surface area contributed by atoms with E-state index in [0.29, 0.717) is 5.95 Å². The van der Waals surface area contributed by atoms with Crippen LogP contribution in [0.15, 0.2) is 24.9 Å². The minimum absolute atomic E-state index is 0.284. The van der Waals surface area contributed by atoms with E-state index >= 15 is 0 Å². The molecule has 102 valence electrons. The Bertz CT molecular complexity index is 511. The largest absolute Gasteiger partial charge is 0.360 e. The van der Waals surface area contributed by atoms with Crippen LogP contribution < -0.4 is 10.2 Å². The van der Waals surface area contributed by atoms with Gasteiger partial charge in [0.05, 0.1) is 12.5 Å². The number of rotatable bonds is 6. The lowest BCUT2D eigenvalue weighted by Crippen LogP contribution is -2.15. The van der Waals surface area contributed by atoms with Crippen LogP contribution in [0.5, 0.6) is 0 Å². The van der Waals surface area contributed by atoms with E-state index in [0.717, 1.165) is 19.5 Å². The van der Waals surface area contributed by atoms with Crippen molar-refractivity contribution in [2.75, 3.05) is 30.9 Å². The highest BCUT2D eigenvalue weighted by Crippen LogP contribution is 2.14. The van der Waals surface area contributed by atoms with Crippen molar-refractivity contribution in [3.63, 3.8) is 0 Å². The Labute approximate surface area is 111 Å². The second-order valence-electron chi connectivity index (χ2n) is 4.34. The predicted octanol–water partition coefficient (Wildman–Crippen LogP) is 1.38. The lowest BCUT2D eigenvalue weighted by molar-refractivity contribution is 0.611. The Morgan fingerprint density at radius 3 is 2.95 bits per heavy atom. The van der Waals surface area contributed by atoms with Gasteiger partial charge in [-0.1, -0.05) is 0 Å². The molecule has 6 nitrogen and oxygen atoms in total. The van der Waals surface area contributed by atoms with Crippen molar-refractivity contribution in [1.82, 2.24) is 19.5 Å². The molecule has 2 heterocycles. The molecule has 0 radical (unpaired) electrons. The zero-order valence-corrected chi connectivity index (χ0v) is 11.0. The number of halogens is 1. The maximum atomic E-state index is 13.4. The highest BCUT2D eigenvalue weighted by Gasteiger charge is 2.08. The van der Waals surface area contributed by atoms with Gasteiger partial charge in [0.1, 0.15) is 0 Å². The van der Waals surface area contributed by atoms with Crippen molar-refractivity contribution < 1.29 is 4.39 Å². The first-order chi connectivity index (χ1) is 9.16. The Balaban J connectivity index is 1.84. The smallest absolute Gasteiger partial charge is 0.224 e. The molecule has 0 aliphatic rings. The lowest BCUT2D eigenvalue weighted by Gasteiger charge is -2.13. The first kappa shape index (κ1) is 13.3. The van der Waals surface area contributed by atoms with Gasteiger partial charge in [0.25, 0.3) is 0 Å². The fourth-order valence-corrected chi connectivity index (χ4v) is 1.64. The van der Waals surface area contributed by atoms with Gasteiger partial charge in [0, 0.05) is 39.6 Å². The highest BCUT2D eigenvalue weighted by molar-refractivity contribution is 5.42. The van der Waals surface area contributed by atoms with Crippen molar-refractivity contribution in [3.05, 3.63) is 30.7 Å². The standard InChI is InChI=1S/C12H17FN6/c1-18(2)11-10(13)8-16-12(17-11)15-4-3-6-19-7-5-14-9-19/h5,7-9H,3-4,6H2,1-2H3,(H,15,16,17). The molecule has 0 amide bonds. The van der Waals surface area contributed by atoms with E-state index in [-0.39, 0.29) is 5.82 Å². The minimum atomic E-state index is -0.422. The molecule has 0 fully saturated rings. The van der Waals surface area contributed by atoms with Gasteiger partial charge >= 0.3 is 0 Å². The zero-order valence-electron chi connectivity index (χ0n) is 11.0. The Morgan fingerprint density at radius 1 is 1.42 bits per heavy atom. The fraction of sp³-hybridized carbons (Fsp3) is 0.417. The maximum absolute atomic E-state index is 13.4. The first-order valence-corrected chi connectivity index (χ1v) is 6.06. The van der Waals surface area contributed by atoms with Crippen molar-refractivity contribution in [2.24, 2.45) is 0 Å². The van der Waals surface area contributed by atoms with Gasteiger partial charge in [-0.05, 0) is 6.42 Å². The molecule has 0 atom stereocenters. The molecule has 0 aliphatic heterocycles. The second kappa shape index (κ2) is 6.12. The molecular weight excluding hydrogens is 247 g/mol. The monoisotopic (exact) mass is 264 g/mol. The molecular formula is C12H17FN6. The van der Waals surface area contributed by atoms with E-state index in [4.69, 9.17) is 0 Å². The molecule has 2 rings (SSSR count). The van der Waals surface area contributed by atoms with Gasteiger partial charge in [-0.15, -0.1) is 0 Å². The third kappa shape index (κ3) is 3.64. The molecule has 0 unspecified atom stereocenters. The summed E-state index contributed by atoms with van der Waals surface area (Å²) in [6.45, 7) is 1.59. The van der Waals surface area contributed by atoms with Crippen molar-refractivity contribution in [2.45, 2.75) is 13.0 Å². The molecule has 0 aromatic carbocycles. The van der Waals surface area contributed by atoms with Crippen LogP contribution in [0.25, 0.3) is 0 Å². The van der Waals surface area contributed by atoms with Crippen LogP contribution in [0.4, 0.5) is 16.2 Å². The molecule has 0 saturated heterocycles. The van der Waals surface area contributed by atoms with Crippen LogP contribution in [-0.2, 0) is 6.54 Å². The number of nitrogens with zero attached hydrogens (tertiary/aromatic N) is 5. The maximum Gasteiger partial charge on any atom is 0.224 e. The minimum Gasteiger partial charge on any atom is -0.360 e. The number of nitrogens with one attached hydrogen (secondary N) is 1. The normalized spacial score (nSPS) is 10.5. The zero-order chi connectivity index (χ0) is 13.7. The average molecular weight is 264 g/mol. The third-order valence-electron chi connectivity index (χ3n) is 2.58. The summed E-state index contributed by atoms with van der Waals surface area (Å²) in [5, 5.41) is 3.08. The second-order valence-corrected chi connectivity index (χ2v) is 4.34. The number of aromatic nitrogens is 4. The summed E-state index contributed by atoms with van der Waals surface area (Å²) in [5.74, 6) is 0.303. The lowest BCUT2D eigenvalue weighted by atomic mass is 10.4. The Morgan fingerprint density at radius 2 is 2.26 bits per heavy atom. The van der Waals surface area contributed by atoms with Crippen LogP contribution >= 0.6 is 0 Å². The van der Waals surface area contributed by atoms with Crippen LogP contribution in [0, 0.1) is 5.82 Å². The van der Waals surface area contributed by atoms with E-state index in [1.807, 2.05) is 10.8 Å². The predicted molar refractivity (Wildman–Crippen MR) is 71.7 cm³/mol. The van der Waals surface area contributed by atoms with E-state index in [2.05, 4.69) is 20.3 Å². The average Bonchev–Trinajstić information content (AvgIpc) is 2.89. The molecule has 0 spiro atoms. The summed E-state index contributed by atoms with van der Waals surface area (Å²) < 4.78 is 15.4. The van der Waals surface area contributed by atoms with Crippen molar-refractivity contribution in [1.29, 1.82) is 0 Å². The van der Waals surface area contributed by atoms with Crippen LogP contribution in [-0.4, -0.2) is 40.2 Å². The molecule has 19 heavy (non-hydrogen) atoms. The topological polar surface area (TPSA) is 58.9 Å². The summed E-state index contributed by atoms with van der Waals surface area (Å²) in [7, 11) is 3.49. The Kier molecular flexibility index (Phi) is 4.27. The summed E-state index contributed by atoms with van der Waals surface area (Å²) in [6, 6.07) is 0. The molecule has 7 heteroatoms. The number of aryl methyl sites for hydroxylation is 1. The summed E-state index contributed by atoms with van der Waals surface area (Å²) in [4.78, 5) is 13.6. The molecule has 0 bridgehead atoms. The summed E-state index contributed by atoms with van der Waals surface area (Å²) in [6.07, 6.45) is 7.53. The van der Waals surface area contributed by atoms with Gasteiger partial charge in [0.15, 0.2) is 11.6 Å². The van der Waals surface area contributed by atoms with Crippen molar-refractivity contribution in [3.8, 4) is 0 Å². The summed E-state index contributed by atoms with van der Waals surface area (Å²) >= 11 is 0. The molecule has 1 N–H and O–H groups in total. The fourth-order valence-electron chi connectivity index (χ4n) is 1.64. The van der Waals surface area contributed by atoms with E-state index in [1.54, 1.807) is 31.5 Å². The molecule has 0 saturated carbocycles. The number of hydrogen-bond donors (Lipinski definition) is 1. The molecule has 2 aromatic heterocycles. The molecule has 2 aromatic rings. The molecule has 0 aliphatic carbocycles. The van der Waals surface area contributed by atoms with Crippen LogP contribution in [0.2, 0.25) is 0 Å². The van der Waals surface area contributed by atoms with Gasteiger partial charge in [-0.25, -0.2) is 14.4 Å². The Hall–Kier alpha value is -2.18. The van der Waals surface area contributed by atoms with Crippen molar-refractivity contribution >= 4 is 11.8 Å². The number of anilines is 2. The number of imidazole rings is 1. The van der Waals surface area contributed by atoms with Gasteiger partial charge in [-0.3, -0.25) is 0 Å². The van der Waals surface area contributed by atoms with Gasteiger partial charge in [0.2, 0.25) is 5.95 Å². The third-order valence-corrected chi connectivity index (χ3v) is 2.58. The van der Waals surface area contributed by atoms with E-state index < -0.39 is 5.82 Å². The van der Waals surface area contributed by atoms with Crippen LogP contribution in [0.3, 0.4) is 0 Å². The van der Waals surface area contributed by atoms with E-state index in [9.17, 15) is 4.39 Å². The van der Waals surface area contributed by atoms with Gasteiger partial charge < -0.3 is 14.8 Å². The quantitative estimate of drug-likeness (QED) is 0.799. The first-order valence-electron chi connectivity index (χ1n) is 6.06. The number of hydrogen-bond acceptors (Lipinski definition) is 5.